The van der Waals surface area contributed by atoms with E-state index in [0.717, 1.165) is 19.5 Å². The maximum absolute atomic E-state index is 11.8. The van der Waals surface area contributed by atoms with Crippen molar-refractivity contribution in [3.8, 4) is 0 Å². The normalized spacial score (nSPS) is 12.0. The summed E-state index contributed by atoms with van der Waals surface area (Å²) < 4.78 is 0. The first-order valence-corrected chi connectivity index (χ1v) is 8.65. The molecule has 0 aliphatic carbocycles. The number of amides is 1. The summed E-state index contributed by atoms with van der Waals surface area (Å²) >= 11 is 0. The molecular weight excluding hydrogens is 284 g/mol. The molecule has 0 aromatic carbocycles. The standard InChI is InChI=1S/C17H36N2O.ClH/c1-5-8-9-10-11-12-13-14-16(4)18-17(20)15-19(6-2)7-3;/h16H,5-15H2,1-4H3,(H,18,20);1H. The number of carbonyl (C=O) groups is 1. The van der Waals surface area contributed by atoms with E-state index in [0.29, 0.717) is 12.6 Å². The Morgan fingerprint density at radius 3 is 2.00 bits per heavy atom. The third-order valence-corrected chi connectivity index (χ3v) is 3.91. The molecule has 0 bridgehead atoms. The van der Waals surface area contributed by atoms with E-state index in [-0.39, 0.29) is 18.3 Å². The summed E-state index contributed by atoms with van der Waals surface area (Å²) in [6.45, 7) is 11.0. The maximum Gasteiger partial charge on any atom is 0.234 e. The quantitative estimate of drug-likeness (QED) is 0.510. The molecule has 0 saturated carbocycles. The SMILES string of the molecule is CCCCCCCCCC(C)NC(=O)CN(CC)CC.Cl. The first-order chi connectivity index (χ1) is 9.63. The second-order valence-electron chi connectivity index (χ2n) is 5.84. The Balaban J connectivity index is 0. The van der Waals surface area contributed by atoms with Gasteiger partial charge in [-0.05, 0) is 26.4 Å². The third kappa shape index (κ3) is 14.4. The molecule has 21 heavy (non-hydrogen) atoms. The first kappa shape index (κ1) is 23.0. The molecule has 0 rings (SSSR count). The van der Waals surface area contributed by atoms with Gasteiger partial charge in [-0.15, -0.1) is 12.4 Å². The van der Waals surface area contributed by atoms with E-state index in [1.165, 1.54) is 44.9 Å². The van der Waals surface area contributed by atoms with Crippen LogP contribution < -0.4 is 5.32 Å². The lowest BCUT2D eigenvalue weighted by Crippen LogP contribution is -2.40. The number of rotatable bonds is 13. The van der Waals surface area contributed by atoms with E-state index in [2.05, 4.69) is 37.9 Å². The third-order valence-electron chi connectivity index (χ3n) is 3.91. The minimum atomic E-state index is 0. The van der Waals surface area contributed by atoms with Crippen LogP contribution in [0.25, 0.3) is 0 Å². The summed E-state index contributed by atoms with van der Waals surface area (Å²) in [7, 11) is 0. The van der Waals surface area contributed by atoms with E-state index >= 15 is 0 Å². The fourth-order valence-corrected chi connectivity index (χ4v) is 2.45. The van der Waals surface area contributed by atoms with Crippen molar-refractivity contribution in [2.75, 3.05) is 19.6 Å². The van der Waals surface area contributed by atoms with Gasteiger partial charge in [0.1, 0.15) is 0 Å². The van der Waals surface area contributed by atoms with Crippen molar-refractivity contribution in [2.24, 2.45) is 0 Å². The molecule has 0 aliphatic heterocycles. The van der Waals surface area contributed by atoms with Crippen LogP contribution in [0.4, 0.5) is 0 Å². The lowest BCUT2D eigenvalue weighted by atomic mass is 10.1. The summed E-state index contributed by atoms with van der Waals surface area (Å²) in [6, 6.07) is 0.314. The van der Waals surface area contributed by atoms with Gasteiger partial charge < -0.3 is 5.32 Å². The number of nitrogens with one attached hydrogen (secondary N) is 1. The van der Waals surface area contributed by atoms with Crippen molar-refractivity contribution >= 4 is 18.3 Å². The molecule has 0 aliphatic rings. The van der Waals surface area contributed by atoms with E-state index in [9.17, 15) is 4.79 Å². The molecule has 3 nitrogen and oxygen atoms in total. The highest BCUT2D eigenvalue weighted by Crippen LogP contribution is 2.09. The molecule has 0 saturated heterocycles. The molecule has 0 fully saturated rings. The van der Waals surface area contributed by atoms with Crippen molar-refractivity contribution in [2.45, 2.75) is 85.1 Å². The molecule has 0 aromatic heterocycles. The molecule has 1 unspecified atom stereocenters. The van der Waals surface area contributed by atoms with Crippen molar-refractivity contribution < 1.29 is 4.79 Å². The van der Waals surface area contributed by atoms with Crippen molar-refractivity contribution in [1.29, 1.82) is 0 Å². The Morgan fingerprint density at radius 2 is 1.48 bits per heavy atom. The second-order valence-corrected chi connectivity index (χ2v) is 5.84. The first-order valence-electron chi connectivity index (χ1n) is 8.65. The minimum absolute atomic E-state index is 0. The van der Waals surface area contributed by atoms with Crippen LogP contribution in [0.1, 0.15) is 79.1 Å². The lowest BCUT2D eigenvalue weighted by molar-refractivity contribution is -0.122. The zero-order valence-electron chi connectivity index (χ0n) is 14.6. The molecule has 0 spiro atoms. The highest BCUT2D eigenvalue weighted by atomic mass is 35.5. The Hall–Kier alpha value is -0.280. The number of unbranched alkanes of at least 4 members (excludes halogenated alkanes) is 6. The van der Waals surface area contributed by atoms with Gasteiger partial charge in [0.05, 0.1) is 6.54 Å². The Labute approximate surface area is 138 Å². The van der Waals surface area contributed by atoms with Crippen molar-refractivity contribution in [3.05, 3.63) is 0 Å². The van der Waals surface area contributed by atoms with Crippen molar-refractivity contribution in [1.82, 2.24) is 10.2 Å². The number of nitrogens with zero attached hydrogens (tertiary/aromatic N) is 1. The highest BCUT2D eigenvalue weighted by Gasteiger charge is 2.10. The molecule has 1 N–H and O–H groups in total. The Morgan fingerprint density at radius 1 is 0.952 bits per heavy atom. The largest absolute Gasteiger partial charge is 0.353 e. The van der Waals surface area contributed by atoms with Gasteiger partial charge in [0, 0.05) is 6.04 Å². The van der Waals surface area contributed by atoms with Crippen molar-refractivity contribution in [3.63, 3.8) is 0 Å². The second kappa shape index (κ2) is 16.1. The molecule has 128 valence electrons. The summed E-state index contributed by atoms with van der Waals surface area (Å²) in [5.41, 5.74) is 0. The predicted octanol–water partition coefficient (Wildman–Crippen LogP) is 4.40. The fraction of sp³-hybridized carbons (Fsp3) is 0.941. The molecule has 4 heteroatoms. The molecule has 0 heterocycles. The van der Waals surface area contributed by atoms with Gasteiger partial charge >= 0.3 is 0 Å². The van der Waals surface area contributed by atoms with Crippen LogP contribution in [0, 0.1) is 0 Å². The summed E-state index contributed by atoms with van der Waals surface area (Å²) in [4.78, 5) is 14.0. The average Bonchev–Trinajstić information content (AvgIpc) is 2.43. The monoisotopic (exact) mass is 320 g/mol. The number of hydrogen-bond donors (Lipinski definition) is 1. The zero-order valence-corrected chi connectivity index (χ0v) is 15.4. The summed E-state index contributed by atoms with van der Waals surface area (Å²) in [5, 5.41) is 3.11. The van der Waals surface area contributed by atoms with Crippen LogP contribution in [0.5, 0.6) is 0 Å². The number of halogens is 1. The van der Waals surface area contributed by atoms with Crippen LogP contribution in [-0.4, -0.2) is 36.5 Å². The van der Waals surface area contributed by atoms with Crippen LogP contribution in [-0.2, 0) is 4.79 Å². The van der Waals surface area contributed by atoms with E-state index in [1.807, 2.05) is 0 Å². The van der Waals surface area contributed by atoms with Crippen LogP contribution in [0.2, 0.25) is 0 Å². The van der Waals surface area contributed by atoms with E-state index in [4.69, 9.17) is 0 Å². The fourth-order valence-electron chi connectivity index (χ4n) is 2.45. The topological polar surface area (TPSA) is 32.3 Å². The van der Waals surface area contributed by atoms with Crippen LogP contribution in [0.3, 0.4) is 0 Å². The van der Waals surface area contributed by atoms with Gasteiger partial charge in [-0.3, -0.25) is 9.69 Å². The van der Waals surface area contributed by atoms with Gasteiger partial charge in [-0.2, -0.15) is 0 Å². The minimum Gasteiger partial charge on any atom is -0.353 e. The van der Waals surface area contributed by atoms with E-state index < -0.39 is 0 Å². The Kier molecular flexibility index (Phi) is 17.6. The lowest BCUT2D eigenvalue weighted by Gasteiger charge is -2.19. The van der Waals surface area contributed by atoms with Gasteiger partial charge in [-0.1, -0.05) is 65.7 Å². The molecule has 0 aromatic rings. The van der Waals surface area contributed by atoms with Crippen LogP contribution >= 0.6 is 12.4 Å². The smallest absolute Gasteiger partial charge is 0.234 e. The van der Waals surface area contributed by atoms with E-state index in [1.54, 1.807) is 0 Å². The number of carbonyl (C=O) groups excluding carboxylic acids is 1. The number of hydrogen-bond acceptors (Lipinski definition) is 2. The van der Waals surface area contributed by atoms with Gasteiger partial charge in [0.25, 0.3) is 0 Å². The van der Waals surface area contributed by atoms with Gasteiger partial charge in [0.15, 0.2) is 0 Å². The van der Waals surface area contributed by atoms with Gasteiger partial charge in [0.2, 0.25) is 5.91 Å². The zero-order chi connectivity index (χ0) is 15.2. The predicted molar refractivity (Wildman–Crippen MR) is 95.3 cm³/mol. The Bertz CT molecular complexity index is 233. The number of likely N-dealkylation sites (N-methyl/N-ethyl adjacent to an activating group) is 1. The van der Waals surface area contributed by atoms with Gasteiger partial charge in [-0.25, -0.2) is 0 Å². The molecule has 0 radical (unpaired) electrons. The van der Waals surface area contributed by atoms with Crippen LogP contribution in [0.15, 0.2) is 0 Å². The highest BCUT2D eigenvalue weighted by molar-refractivity contribution is 5.85. The maximum atomic E-state index is 11.8. The molecule has 1 amide bonds. The molecule has 1 atom stereocenters. The molecular formula is C17H37ClN2O. The average molecular weight is 321 g/mol. The summed E-state index contributed by atoms with van der Waals surface area (Å²) in [5.74, 6) is 0.171. The summed E-state index contributed by atoms with van der Waals surface area (Å²) in [6.07, 6.45) is 10.4.